The maximum atomic E-state index is 12.5. The zero-order valence-electron chi connectivity index (χ0n) is 7.16. The third-order valence-corrected chi connectivity index (χ3v) is 2.55. The molecule has 70 valence electrons. The summed E-state index contributed by atoms with van der Waals surface area (Å²) in [4.78, 5) is 8.24. The molecule has 0 spiro atoms. The highest BCUT2D eigenvalue weighted by Crippen LogP contribution is 2.47. The number of hydrogen-bond donors (Lipinski definition) is 1. The zero-order chi connectivity index (χ0) is 9.31. The molecular formula is C9H11FN2O. The van der Waals surface area contributed by atoms with Crippen molar-refractivity contribution in [3.05, 3.63) is 29.8 Å². The second-order valence-electron chi connectivity index (χ2n) is 3.46. The summed E-state index contributed by atoms with van der Waals surface area (Å²) in [6.45, 7) is 0.486. The maximum Gasteiger partial charge on any atom is 0.212 e. The summed E-state index contributed by atoms with van der Waals surface area (Å²) in [5.74, 6) is 4.58. The molecule has 0 atom stereocenters. The fourth-order valence-electron chi connectivity index (χ4n) is 1.52. The van der Waals surface area contributed by atoms with Crippen molar-refractivity contribution in [1.82, 2.24) is 4.98 Å². The van der Waals surface area contributed by atoms with Gasteiger partial charge in [0.25, 0.3) is 0 Å². The molecular weight excluding hydrogens is 171 g/mol. The highest BCUT2D eigenvalue weighted by Gasteiger charge is 2.44. The van der Waals surface area contributed by atoms with Crippen LogP contribution in [0.1, 0.15) is 18.4 Å². The fourth-order valence-corrected chi connectivity index (χ4v) is 1.52. The molecule has 1 fully saturated rings. The van der Waals surface area contributed by atoms with Gasteiger partial charge in [-0.25, -0.2) is 10.9 Å². The second kappa shape index (κ2) is 3.05. The van der Waals surface area contributed by atoms with Crippen LogP contribution in [-0.2, 0) is 10.3 Å². The summed E-state index contributed by atoms with van der Waals surface area (Å²) < 4.78 is 12.5. The lowest BCUT2D eigenvalue weighted by atomic mass is 9.99. The van der Waals surface area contributed by atoms with Gasteiger partial charge in [-0.05, 0) is 24.5 Å². The molecule has 1 aliphatic carbocycles. The summed E-state index contributed by atoms with van der Waals surface area (Å²) in [5, 5.41) is 0. The number of pyridine rings is 1. The normalized spacial score (nSPS) is 18.6. The average Bonchev–Trinajstić information content (AvgIpc) is 2.87. The van der Waals surface area contributed by atoms with Gasteiger partial charge in [0.2, 0.25) is 5.95 Å². The van der Waals surface area contributed by atoms with Crippen LogP contribution in [0, 0.1) is 5.95 Å². The molecule has 0 unspecified atom stereocenters. The summed E-state index contributed by atoms with van der Waals surface area (Å²) in [6, 6.07) is 3.11. The molecule has 0 aromatic carbocycles. The van der Waals surface area contributed by atoms with Gasteiger partial charge in [0.05, 0.1) is 6.61 Å². The van der Waals surface area contributed by atoms with Crippen molar-refractivity contribution < 1.29 is 9.23 Å². The van der Waals surface area contributed by atoms with E-state index in [9.17, 15) is 4.39 Å². The Kier molecular flexibility index (Phi) is 2.01. The first kappa shape index (κ1) is 8.59. The van der Waals surface area contributed by atoms with Gasteiger partial charge in [0, 0.05) is 11.6 Å². The number of nitrogens with zero attached hydrogens (tertiary/aromatic N) is 1. The first-order chi connectivity index (χ1) is 6.27. The van der Waals surface area contributed by atoms with Gasteiger partial charge in [-0.15, -0.1) is 0 Å². The Balaban J connectivity index is 2.20. The van der Waals surface area contributed by atoms with Gasteiger partial charge in [-0.2, -0.15) is 4.39 Å². The largest absolute Gasteiger partial charge is 0.304 e. The van der Waals surface area contributed by atoms with Crippen molar-refractivity contribution in [3.8, 4) is 0 Å². The maximum absolute atomic E-state index is 12.5. The van der Waals surface area contributed by atoms with Crippen molar-refractivity contribution in [2.75, 3.05) is 6.61 Å². The third kappa shape index (κ3) is 1.55. The molecule has 0 amide bonds. The molecule has 2 N–H and O–H groups in total. The van der Waals surface area contributed by atoms with E-state index in [1.165, 1.54) is 6.07 Å². The van der Waals surface area contributed by atoms with E-state index >= 15 is 0 Å². The smallest absolute Gasteiger partial charge is 0.212 e. The first-order valence-electron chi connectivity index (χ1n) is 4.21. The first-order valence-corrected chi connectivity index (χ1v) is 4.21. The topological polar surface area (TPSA) is 48.1 Å². The van der Waals surface area contributed by atoms with Gasteiger partial charge in [-0.3, -0.25) is 0 Å². The van der Waals surface area contributed by atoms with Crippen LogP contribution in [0.2, 0.25) is 0 Å². The molecule has 0 bridgehead atoms. The molecule has 1 aromatic rings. The van der Waals surface area contributed by atoms with Crippen LogP contribution in [-0.4, -0.2) is 11.6 Å². The Morgan fingerprint density at radius 2 is 2.31 bits per heavy atom. The van der Waals surface area contributed by atoms with Crippen LogP contribution in [0.4, 0.5) is 4.39 Å². The predicted molar refractivity (Wildman–Crippen MR) is 45.2 cm³/mol. The van der Waals surface area contributed by atoms with E-state index < -0.39 is 5.95 Å². The summed E-state index contributed by atoms with van der Waals surface area (Å²) >= 11 is 0. The molecule has 2 rings (SSSR count). The highest BCUT2D eigenvalue weighted by molar-refractivity contribution is 5.28. The van der Waals surface area contributed by atoms with Crippen LogP contribution in [0.5, 0.6) is 0 Å². The highest BCUT2D eigenvalue weighted by atomic mass is 19.1. The van der Waals surface area contributed by atoms with E-state index in [1.54, 1.807) is 12.3 Å². The fraction of sp³-hybridized carbons (Fsp3) is 0.444. The molecule has 4 heteroatoms. The molecule has 1 aliphatic rings. The van der Waals surface area contributed by atoms with E-state index in [0.717, 1.165) is 18.4 Å². The van der Waals surface area contributed by atoms with Crippen LogP contribution >= 0.6 is 0 Å². The van der Waals surface area contributed by atoms with E-state index in [1.807, 2.05) is 0 Å². The number of rotatable bonds is 3. The van der Waals surface area contributed by atoms with Crippen LogP contribution in [0.25, 0.3) is 0 Å². The minimum absolute atomic E-state index is 0.00937. The van der Waals surface area contributed by atoms with Crippen molar-refractivity contribution in [2.45, 2.75) is 18.3 Å². The second-order valence-corrected chi connectivity index (χ2v) is 3.46. The number of aromatic nitrogens is 1. The molecule has 1 aromatic heterocycles. The quantitative estimate of drug-likeness (QED) is 0.563. The minimum atomic E-state index is -0.451. The van der Waals surface area contributed by atoms with E-state index in [2.05, 4.69) is 9.82 Å². The number of nitrogens with two attached hydrogens (primary N) is 1. The number of hydrogen-bond acceptors (Lipinski definition) is 3. The molecule has 13 heavy (non-hydrogen) atoms. The Bertz CT molecular complexity index is 295. The average molecular weight is 182 g/mol. The SMILES string of the molecule is NOCC1(c2ccc(F)nc2)CC1. The van der Waals surface area contributed by atoms with Crippen molar-refractivity contribution in [3.63, 3.8) is 0 Å². The van der Waals surface area contributed by atoms with Crippen LogP contribution in [0.15, 0.2) is 18.3 Å². The Morgan fingerprint density at radius 3 is 2.77 bits per heavy atom. The van der Waals surface area contributed by atoms with Gasteiger partial charge >= 0.3 is 0 Å². The van der Waals surface area contributed by atoms with Gasteiger partial charge in [-0.1, -0.05) is 6.07 Å². The lowest BCUT2D eigenvalue weighted by molar-refractivity contribution is 0.116. The Labute approximate surface area is 75.7 Å². The lowest BCUT2D eigenvalue weighted by Crippen LogP contribution is -2.18. The molecule has 1 saturated carbocycles. The van der Waals surface area contributed by atoms with Gasteiger partial charge < -0.3 is 4.84 Å². The van der Waals surface area contributed by atoms with Crippen LogP contribution in [0.3, 0.4) is 0 Å². The van der Waals surface area contributed by atoms with Gasteiger partial charge in [0.1, 0.15) is 0 Å². The lowest BCUT2D eigenvalue weighted by Gasteiger charge is -2.12. The van der Waals surface area contributed by atoms with Crippen molar-refractivity contribution >= 4 is 0 Å². The predicted octanol–water partition coefficient (Wildman–Crippen LogP) is 1.14. The third-order valence-electron chi connectivity index (χ3n) is 2.55. The molecule has 0 aliphatic heterocycles. The molecule has 3 nitrogen and oxygen atoms in total. The van der Waals surface area contributed by atoms with Crippen molar-refractivity contribution in [2.24, 2.45) is 5.90 Å². The summed E-state index contributed by atoms with van der Waals surface area (Å²) in [7, 11) is 0. The minimum Gasteiger partial charge on any atom is -0.304 e. The van der Waals surface area contributed by atoms with E-state index in [4.69, 9.17) is 5.90 Å². The molecule has 0 radical (unpaired) electrons. The molecule has 0 saturated heterocycles. The standard InChI is InChI=1S/C9H11FN2O/c10-8-2-1-7(5-12-8)9(3-4-9)6-13-11/h1-2,5H,3-4,6,11H2. The Hall–Kier alpha value is -1.00. The summed E-state index contributed by atoms with van der Waals surface area (Å²) in [6.07, 6.45) is 3.64. The zero-order valence-corrected chi connectivity index (χ0v) is 7.16. The monoisotopic (exact) mass is 182 g/mol. The number of halogens is 1. The summed E-state index contributed by atoms with van der Waals surface area (Å²) in [5.41, 5.74) is 1.02. The van der Waals surface area contributed by atoms with Crippen LogP contribution < -0.4 is 5.90 Å². The van der Waals surface area contributed by atoms with E-state index in [-0.39, 0.29) is 5.41 Å². The van der Waals surface area contributed by atoms with E-state index in [0.29, 0.717) is 6.61 Å². The van der Waals surface area contributed by atoms with Crippen molar-refractivity contribution in [1.29, 1.82) is 0 Å². The van der Waals surface area contributed by atoms with Gasteiger partial charge in [0.15, 0.2) is 0 Å². The molecule has 1 heterocycles. The Morgan fingerprint density at radius 1 is 1.54 bits per heavy atom.